The van der Waals surface area contributed by atoms with E-state index in [9.17, 15) is 4.79 Å². The molecule has 4 heteroatoms. The molecule has 4 nitrogen and oxygen atoms in total. The Balaban J connectivity index is 1.90. The summed E-state index contributed by atoms with van der Waals surface area (Å²) in [5.41, 5.74) is 1.02. The second-order valence-corrected chi connectivity index (χ2v) is 4.92. The van der Waals surface area contributed by atoms with Gasteiger partial charge in [-0.05, 0) is 37.8 Å². The van der Waals surface area contributed by atoms with Crippen molar-refractivity contribution in [2.24, 2.45) is 5.92 Å². The number of para-hydroxylation sites is 2. The lowest BCUT2D eigenvalue weighted by molar-refractivity contribution is -0.146. The molecule has 1 aliphatic carbocycles. The van der Waals surface area contributed by atoms with Gasteiger partial charge in [0.25, 0.3) is 0 Å². The first-order valence-electron chi connectivity index (χ1n) is 6.72. The Morgan fingerprint density at radius 2 is 1.84 bits per heavy atom. The van der Waals surface area contributed by atoms with Gasteiger partial charge in [0.2, 0.25) is 0 Å². The normalized spacial score (nSPS) is 22.6. The maximum Gasteiger partial charge on any atom is 0.308 e. The number of hydrogen-bond donors (Lipinski definition) is 1. The number of ether oxygens (including phenoxy) is 2. The van der Waals surface area contributed by atoms with Gasteiger partial charge < -0.3 is 14.8 Å². The predicted octanol–water partition coefficient (Wildman–Crippen LogP) is 2.84. The smallest absolute Gasteiger partial charge is 0.308 e. The first-order valence-corrected chi connectivity index (χ1v) is 6.72. The molecule has 0 bridgehead atoms. The van der Waals surface area contributed by atoms with Gasteiger partial charge in [-0.25, -0.2) is 0 Å². The van der Waals surface area contributed by atoms with Crippen molar-refractivity contribution in [1.82, 2.24) is 0 Å². The fraction of sp³-hybridized carbons (Fsp3) is 0.533. The molecule has 0 heterocycles. The molecule has 1 aromatic rings. The van der Waals surface area contributed by atoms with E-state index in [4.69, 9.17) is 9.47 Å². The van der Waals surface area contributed by atoms with Crippen LogP contribution in [0.15, 0.2) is 24.3 Å². The van der Waals surface area contributed by atoms with Gasteiger partial charge in [-0.1, -0.05) is 12.1 Å². The zero-order valence-electron chi connectivity index (χ0n) is 11.5. The Hall–Kier alpha value is -1.71. The van der Waals surface area contributed by atoms with Crippen LogP contribution in [0.1, 0.15) is 25.7 Å². The van der Waals surface area contributed by atoms with Crippen molar-refractivity contribution in [2.75, 3.05) is 19.5 Å². The Morgan fingerprint density at radius 1 is 1.16 bits per heavy atom. The third kappa shape index (κ3) is 3.40. The maximum absolute atomic E-state index is 11.5. The summed E-state index contributed by atoms with van der Waals surface area (Å²) in [5.74, 6) is 0.856. The van der Waals surface area contributed by atoms with E-state index in [0.717, 1.165) is 37.1 Å². The SMILES string of the molecule is COC(=O)C1CCC(Nc2ccccc2OC)CC1. The van der Waals surface area contributed by atoms with E-state index in [2.05, 4.69) is 5.32 Å². The van der Waals surface area contributed by atoms with Crippen LogP contribution in [0, 0.1) is 5.92 Å². The third-order valence-electron chi connectivity index (χ3n) is 3.73. The van der Waals surface area contributed by atoms with Crippen molar-refractivity contribution in [3.8, 4) is 5.75 Å². The summed E-state index contributed by atoms with van der Waals surface area (Å²) < 4.78 is 10.1. The van der Waals surface area contributed by atoms with Crippen molar-refractivity contribution in [3.05, 3.63) is 24.3 Å². The quantitative estimate of drug-likeness (QED) is 0.849. The standard InChI is InChI=1S/C15H21NO3/c1-18-14-6-4-3-5-13(14)16-12-9-7-11(8-10-12)15(17)19-2/h3-6,11-12,16H,7-10H2,1-2H3. The summed E-state index contributed by atoms with van der Waals surface area (Å²) in [6.07, 6.45) is 3.74. The number of esters is 1. The van der Waals surface area contributed by atoms with Crippen LogP contribution in [0.3, 0.4) is 0 Å². The first-order chi connectivity index (χ1) is 9.24. The molecule has 104 valence electrons. The zero-order valence-corrected chi connectivity index (χ0v) is 11.5. The van der Waals surface area contributed by atoms with E-state index in [1.807, 2.05) is 24.3 Å². The number of methoxy groups -OCH3 is 2. The Morgan fingerprint density at radius 3 is 2.47 bits per heavy atom. The van der Waals surface area contributed by atoms with Crippen molar-refractivity contribution < 1.29 is 14.3 Å². The van der Waals surface area contributed by atoms with Crippen molar-refractivity contribution in [1.29, 1.82) is 0 Å². The number of benzene rings is 1. The monoisotopic (exact) mass is 263 g/mol. The van der Waals surface area contributed by atoms with Crippen molar-refractivity contribution >= 4 is 11.7 Å². The molecule has 0 aliphatic heterocycles. The lowest BCUT2D eigenvalue weighted by Gasteiger charge is -2.28. The number of carbonyl (C=O) groups is 1. The summed E-state index contributed by atoms with van der Waals surface area (Å²) >= 11 is 0. The van der Waals surface area contributed by atoms with Gasteiger partial charge in [0.05, 0.1) is 25.8 Å². The fourth-order valence-electron chi connectivity index (χ4n) is 2.62. The number of rotatable bonds is 4. The summed E-state index contributed by atoms with van der Waals surface area (Å²) in [4.78, 5) is 11.5. The summed E-state index contributed by atoms with van der Waals surface area (Å²) in [5, 5.41) is 3.50. The average molecular weight is 263 g/mol. The molecular weight excluding hydrogens is 242 g/mol. The molecule has 0 atom stereocenters. The summed E-state index contributed by atoms with van der Waals surface area (Å²) in [6.45, 7) is 0. The van der Waals surface area contributed by atoms with E-state index in [1.165, 1.54) is 7.11 Å². The van der Waals surface area contributed by atoms with Crippen LogP contribution in [0.25, 0.3) is 0 Å². The van der Waals surface area contributed by atoms with Crippen LogP contribution in [-0.4, -0.2) is 26.2 Å². The molecule has 0 saturated heterocycles. The highest BCUT2D eigenvalue weighted by Gasteiger charge is 2.27. The topological polar surface area (TPSA) is 47.6 Å². The third-order valence-corrected chi connectivity index (χ3v) is 3.73. The van der Waals surface area contributed by atoms with Crippen LogP contribution < -0.4 is 10.1 Å². The van der Waals surface area contributed by atoms with E-state index in [0.29, 0.717) is 6.04 Å². The van der Waals surface area contributed by atoms with E-state index >= 15 is 0 Å². The highest BCUT2D eigenvalue weighted by atomic mass is 16.5. The van der Waals surface area contributed by atoms with Crippen molar-refractivity contribution in [3.63, 3.8) is 0 Å². The molecule has 2 rings (SSSR count). The number of anilines is 1. The Bertz CT molecular complexity index is 425. The lowest BCUT2D eigenvalue weighted by Crippen LogP contribution is -2.30. The van der Waals surface area contributed by atoms with E-state index < -0.39 is 0 Å². The Labute approximate surface area is 114 Å². The maximum atomic E-state index is 11.5. The lowest BCUT2D eigenvalue weighted by atomic mass is 9.86. The molecule has 19 heavy (non-hydrogen) atoms. The second kappa shape index (κ2) is 6.45. The molecule has 0 spiro atoms. The molecule has 0 amide bonds. The minimum atomic E-state index is -0.0734. The number of nitrogens with one attached hydrogen (secondary N) is 1. The van der Waals surface area contributed by atoms with Gasteiger partial charge in [0.1, 0.15) is 5.75 Å². The number of carbonyl (C=O) groups excluding carboxylic acids is 1. The van der Waals surface area contributed by atoms with Gasteiger partial charge in [-0.15, -0.1) is 0 Å². The zero-order chi connectivity index (χ0) is 13.7. The summed E-state index contributed by atoms with van der Waals surface area (Å²) in [6, 6.07) is 8.31. The van der Waals surface area contributed by atoms with Crippen LogP contribution >= 0.6 is 0 Å². The van der Waals surface area contributed by atoms with E-state index in [1.54, 1.807) is 7.11 Å². The summed E-state index contributed by atoms with van der Waals surface area (Å²) in [7, 11) is 3.14. The minimum absolute atomic E-state index is 0.0701. The van der Waals surface area contributed by atoms with Crippen LogP contribution in [0.5, 0.6) is 5.75 Å². The average Bonchev–Trinajstić information content (AvgIpc) is 2.48. The molecule has 1 saturated carbocycles. The second-order valence-electron chi connectivity index (χ2n) is 4.92. The van der Waals surface area contributed by atoms with Gasteiger partial charge >= 0.3 is 5.97 Å². The Kier molecular flexibility index (Phi) is 4.66. The molecule has 1 N–H and O–H groups in total. The van der Waals surface area contributed by atoms with Gasteiger partial charge in [0, 0.05) is 6.04 Å². The van der Waals surface area contributed by atoms with Gasteiger partial charge in [0.15, 0.2) is 0 Å². The molecule has 1 aliphatic rings. The highest BCUT2D eigenvalue weighted by molar-refractivity contribution is 5.72. The van der Waals surface area contributed by atoms with Crippen LogP contribution in [0.4, 0.5) is 5.69 Å². The fourth-order valence-corrected chi connectivity index (χ4v) is 2.62. The first kappa shape index (κ1) is 13.7. The molecule has 1 aromatic carbocycles. The largest absolute Gasteiger partial charge is 0.495 e. The van der Waals surface area contributed by atoms with Crippen LogP contribution in [-0.2, 0) is 9.53 Å². The molecule has 1 fully saturated rings. The van der Waals surface area contributed by atoms with Crippen molar-refractivity contribution in [2.45, 2.75) is 31.7 Å². The predicted molar refractivity (Wildman–Crippen MR) is 74.4 cm³/mol. The molecule has 0 aromatic heterocycles. The molecule has 0 radical (unpaired) electrons. The van der Waals surface area contributed by atoms with Gasteiger partial charge in [-0.3, -0.25) is 4.79 Å². The van der Waals surface area contributed by atoms with Crippen LogP contribution in [0.2, 0.25) is 0 Å². The molecule has 0 unspecified atom stereocenters. The molecular formula is C15H21NO3. The number of hydrogen-bond acceptors (Lipinski definition) is 4. The highest BCUT2D eigenvalue weighted by Crippen LogP contribution is 2.30. The minimum Gasteiger partial charge on any atom is -0.495 e. The van der Waals surface area contributed by atoms with Gasteiger partial charge in [-0.2, -0.15) is 0 Å². The van der Waals surface area contributed by atoms with E-state index in [-0.39, 0.29) is 11.9 Å².